The first kappa shape index (κ1) is 38.9. The zero-order valence-corrected chi connectivity index (χ0v) is 32.2. The standard InChI is InChI=1S/C31H60N2O3Si.2BrH.Ni/c1-11-23-18-27(34-6)19-24(12-2)30(23)32-22(5)29(16-15-17-36-37(8,9)10)33-31-25(13-3)20-28(35-7)21-26(31)14-4;;;/h23-28,30-31H,11-21H2,1-10H3;2*1H;/q;;;+2/p-2. The van der Waals surface area contributed by atoms with Gasteiger partial charge in [-0.15, -0.1) is 0 Å². The van der Waals surface area contributed by atoms with Crippen LogP contribution in [0.4, 0.5) is 0 Å². The van der Waals surface area contributed by atoms with Crippen LogP contribution in [0.25, 0.3) is 0 Å². The van der Waals surface area contributed by atoms with E-state index in [2.05, 4.69) is 82.7 Å². The molecular weight excluding hydrogens is 695 g/mol. The fourth-order valence-electron chi connectivity index (χ4n) is 6.74. The molecule has 0 radical (unpaired) electrons. The van der Waals surface area contributed by atoms with E-state index in [1.807, 2.05) is 14.2 Å². The van der Waals surface area contributed by atoms with E-state index in [1.54, 1.807) is 0 Å². The van der Waals surface area contributed by atoms with Gasteiger partial charge < -0.3 is 13.9 Å². The molecule has 240 valence electrons. The topological polar surface area (TPSA) is 52.4 Å². The number of ether oxygens (including phenoxy) is 2. The van der Waals surface area contributed by atoms with Crippen LogP contribution >= 0.6 is 28.5 Å². The summed E-state index contributed by atoms with van der Waals surface area (Å²) < 4.78 is 17.9. The summed E-state index contributed by atoms with van der Waals surface area (Å²) in [5.41, 5.74) is 2.40. The van der Waals surface area contributed by atoms with Gasteiger partial charge in [-0.1, -0.05) is 53.4 Å². The van der Waals surface area contributed by atoms with E-state index in [-0.39, 0.29) is 0 Å². The fourth-order valence-corrected chi connectivity index (χ4v) is 7.50. The molecule has 2 aliphatic carbocycles. The van der Waals surface area contributed by atoms with E-state index in [9.17, 15) is 0 Å². The number of rotatable bonds is 14. The van der Waals surface area contributed by atoms with Crippen LogP contribution in [-0.2, 0) is 24.8 Å². The average molecular weight is 755 g/mol. The summed E-state index contributed by atoms with van der Waals surface area (Å²) in [6, 6.07) is 0.741. The third kappa shape index (κ3) is 13.3. The molecule has 4 atom stereocenters. The molecule has 2 fully saturated rings. The third-order valence-corrected chi connectivity index (χ3v) is 10.2. The van der Waals surface area contributed by atoms with Crippen molar-refractivity contribution in [2.75, 3.05) is 20.8 Å². The molecule has 0 aromatic heterocycles. The van der Waals surface area contributed by atoms with Crippen LogP contribution in [0, 0.1) is 23.7 Å². The number of halogens is 2. The van der Waals surface area contributed by atoms with Crippen molar-refractivity contribution in [2.24, 2.45) is 33.7 Å². The summed E-state index contributed by atoms with van der Waals surface area (Å²) in [7, 11) is 3.49. The average Bonchev–Trinajstić information content (AvgIpc) is 2.93. The summed E-state index contributed by atoms with van der Waals surface area (Å²) in [4.78, 5) is 11.1. The van der Waals surface area contributed by atoms with E-state index >= 15 is 0 Å². The number of aliphatic imine (C=N–C) groups is 2. The van der Waals surface area contributed by atoms with Crippen LogP contribution in [0.5, 0.6) is 0 Å². The van der Waals surface area contributed by atoms with Gasteiger partial charge in [-0.2, -0.15) is 0 Å². The molecule has 0 N–H and O–H groups in total. The molecule has 0 amide bonds. The van der Waals surface area contributed by atoms with Crippen LogP contribution in [0.2, 0.25) is 19.6 Å². The van der Waals surface area contributed by atoms with Gasteiger partial charge in [-0.05, 0) is 88.8 Å². The van der Waals surface area contributed by atoms with E-state index < -0.39 is 8.32 Å². The van der Waals surface area contributed by atoms with Crippen LogP contribution in [0.1, 0.15) is 98.8 Å². The van der Waals surface area contributed by atoms with Crippen molar-refractivity contribution in [1.82, 2.24) is 0 Å². The van der Waals surface area contributed by atoms with Crippen molar-refractivity contribution in [3.8, 4) is 0 Å². The predicted octanol–water partition coefficient (Wildman–Crippen LogP) is 9.67. The van der Waals surface area contributed by atoms with Crippen molar-refractivity contribution >= 4 is 48.2 Å². The van der Waals surface area contributed by atoms with Crippen LogP contribution < -0.4 is 0 Å². The zero-order valence-electron chi connectivity index (χ0n) is 27.1. The zero-order chi connectivity index (χ0) is 30.3. The second kappa shape index (κ2) is 20.8. The second-order valence-electron chi connectivity index (χ2n) is 12.7. The Bertz CT molecular complexity index is 725. The molecule has 0 saturated heterocycles. The Hall–Kier alpha value is 0.890. The van der Waals surface area contributed by atoms with E-state index in [4.69, 9.17) is 23.9 Å². The molecular formula is C31H60Br2N2NiO3Si. The van der Waals surface area contributed by atoms with Gasteiger partial charge >= 0.3 is 39.3 Å². The quantitative estimate of drug-likeness (QED) is 0.101. The van der Waals surface area contributed by atoms with Crippen LogP contribution in [-0.4, -0.2) is 64.9 Å². The molecule has 0 aromatic rings. The van der Waals surface area contributed by atoms with Gasteiger partial charge in [0.25, 0.3) is 0 Å². The van der Waals surface area contributed by atoms with Crippen molar-refractivity contribution in [3.63, 3.8) is 0 Å². The first-order valence-corrected chi connectivity index (χ1v) is 23.9. The molecule has 2 saturated carbocycles. The molecule has 9 heteroatoms. The molecule has 0 spiro atoms. The van der Waals surface area contributed by atoms with Gasteiger partial charge in [-0.3, -0.25) is 9.98 Å². The van der Waals surface area contributed by atoms with Gasteiger partial charge in [0.15, 0.2) is 8.32 Å². The molecule has 5 nitrogen and oxygen atoms in total. The van der Waals surface area contributed by atoms with Crippen molar-refractivity contribution in [3.05, 3.63) is 0 Å². The predicted molar refractivity (Wildman–Crippen MR) is 180 cm³/mol. The van der Waals surface area contributed by atoms with Crippen molar-refractivity contribution < 1.29 is 24.8 Å². The molecule has 40 heavy (non-hydrogen) atoms. The Balaban J connectivity index is 0.00000254. The van der Waals surface area contributed by atoms with Gasteiger partial charge in [0.1, 0.15) is 0 Å². The van der Waals surface area contributed by atoms with Crippen molar-refractivity contribution in [1.29, 1.82) is 0 Å². The fraction of sp³-hybridized carbons (Fsp3) is 0.935. The Kier molecular flexibility index (Phi) is 20.2. The Labute approximate surface area is 268 Å². The van der Waals surface area contributed by atoms with Gasteiger partial charge in [-0.25, -0.2) is 0 Å². The number of methoxy groups -OCH3 is 2. The first-order chi connectivity index (χ1) is 19.0. The molecule has 2 aliphatic rings. The molecule has 0 aliphatic heterocycles. The number of nitrogens with zero attached hydrogens (tertiary/aromatic N) is 2. The van der Waals surface area contributed by atoms with Gasteiger partial charge in [0.05, 0.1) is 35.7 Å². The second-order valence-corrected chi connectivity index (χ2v) is 22.2. The van der Waals surface area contributed by atoms with E-state index in [0.717, 1.165) is 70.8 Å². The first-order valence-electron chi connectivity index (χ1n) is 15.6. The summed E-state index contributed by atoms with van der Waals surface area (Å²) >= 11 is 6.00. The molecule has 0 bridgehead atoms. The normalized spacial score (nSPS) is 32.1. The summed E-state index contributed by atoms with van der Waals surface area (Å²) in [5.74, 6) is 2.32. The third-order valence-electron chi connectivity index (χ3n) is 9.12. The van der Waals surface area contributed by atoms with Gasteiger partial charge in [0, 0.05) is 20.8 Å². The number of hydrogen-bond donors (Lipinski definition) is 0. The van der Waals surface area contributed by atoms with Crippen molar-refractivity contribution in [2.45, 2.75) is 143 Å². The van der Waals surface area contributed by atoms with E-state index in [0.29, 0.717) is 48.0 Å². The van der Waals surface area contributed by atoms with Crippen LogP contribution in [0.15, 0.2) is 9.98 Å². The summed E-state index contributed by atoms with van der Waals surface area (Å²) in [5, 5.41) is 0. The van der Waals surface area contributed by atoms with Gasteiger partial charge in [0.2, 0.25) is 0 Å². The van der Waals surface area contributed by atoms with E-state index in [1.165, 1.54) is 22.3 Å². The summed E-state index contributed by atoms with van der Waals surface area (Å²) in [6.07, 6.45) is 11.8. The Morgan fingerprint density at radius 2 is 1.12 bits per heavy atom. The maximum absolute atomic E-state index is 6.22. The molecule has 0 heterocycles. The summed E-state index contributed by atoms with van der Waals surface area (Å²) in [6.45, 7) is 19.2. The number of hydrogen-bond acceptors (Lipinski definition) is 5. The minimum absolute atomic E-state index is 0.368. The minimum atomic E-state index is -1.51. The SMILES string of the molecule is CCC1CC(OC)CC(CC)C1N=C(C)C(CCCO[Si](C)(C)C)=NC1C(CC)CC(OC)CC1CC.[Br][Ni][Br]. The molecule has 4 unspecified atom stereocenters. The Morgan fingerprint density at radius 1 is 0.750 bits per heavy atom. The molecule has 0 aromatic carbocycles. The maximum atomic E-state index is 6.22. The van der Waals surface area contributed by atoms with Crippen LogP contribution in [0.3, 0.4) is 0 Å². The monoisotopic (exact) mass is 752 g/mol. The Morgan fingerprint density at radius 3 is 1.45 bits per heavy atom. The molecule has 2 rings (SSSR count).